The molecule has 1 amide bonds. The number of aromatic nitrogens is 2. The number of carbonyl (C=O) groups excluding carboxylic acids is 1. The van der Waals surface area contributed by atoms with Crippen LogP contribution in [0.15, 0.2) is 24.3 Å². The maximum atomic E-state index is 13.0. The van der Waals surface area contributed by atoms with Gasteiger partial charge in [0, 0.05) is 50.6 Å². The van der Waals surface area contributed by atoms with Crippen LogP contribution in [0.1, 0.15) is 45.0 Å². The van der Waals surface area contributed by atoms with Gasteiger partial charge in [-0.05, 0) is 29.5 Å². The predicted octanol–water partition coefficient (Wildman–Crippen LogP) is 3.74. The number of hydrogen-bond acceptors (Lipinski definition) is 5. The average Bonchev–Trinajstić information content (AvgIpc) is 2.90. The van der Waals surface area contributed by atoms with Crippen molar-refractivity contribution in [2.75, 3.05) is 31.1 Å². The molecule has 0 N–H and O–H groups in total. The molecule has 5 nitrogen and oxygen atoms in total. The van der Waals surface area contributed by atoms with Crippen LogP contribution in [0, 0.1) is 11.2 Å². The van der Waals surface area contributed by atoms with Crippen LogP contribution < -0.4 is 4.90 Å². The lowest BCUT2D eigenvalue weighted by Crippen LogP contribution is -2.36. The van der Waals surface area contributed by atoms with Gasteiger partial charge in [0.05, 0.1) is 0 Å². The molecule has 0 saturated carbocycles. The average molecular weight is 391 g/mol. The third-order valence-electron chi connectivity index (χ3n) is 4.53. The first-order valence-corrected chi connectivity index (χ1v) is 10.2. The first-order chi connectivity index (χ1) is 12.8. The molecular formula is C20H27FN4OS. The Morgan fingerprint density at radius 2 is 1.89 bits per heavy atom. The Bertz CT molecular complexity index is 769. The molecule has 1 aromatic heterocycles. The number of hydrogen-bond donors (Lipinski definition) is 0. The van der Waals surface area contributed by atoms with Gasteiger partial charge >= 0.3 is 0 Å². The Morgan fingerprint density at radius 3 is 2.59 bits per heavy atom. The summed E-state index contributed by atoms with van der Waals surface area (Å²) in [5.74, 6) is 0.755. The molecule has 0 spiro atoms. The van der Waals surface area contributed by atoms with Gasteiger partial charge in [0.2, 0.25) is 11.0 Å². The maximum absolute atomic E-state index is 13.0. The summed E-state index contributed by atoms with van der Waals surface area (Å²) in [6, 6.07) is 6.45. The monoisotopic (exact) mass is 390 g/mol. The van der Waals surface area contributed by atoms with Gasteiger partial charge in [-0.15, -0.1) is 0 Å². The van der Waals surface area contributed by atoms with Gasteiger partial charge in [-0.1, -0.05) is 32.9 Å². The molecule has 0 aliphatic carbocycles. The standard InChI is InChI=1S/C20H27FN4OS/c1-20(2,3)14-18(26)24-9-4-10-25(12-11-24)19-22-17(23-27-19)13-15-5-7-16(21)8-6-15/h5-8H,4,9-14H2,1-3H3. The largest absolute Gasteiger partial charge is 0.345 e. The molecule has 0 atom stereocenters. The molecule has 2 aromatic rings. The highest BCUT2D eigenvalue weighted by Crippen LogP contribution is 2.23. The van der Waals surface area contributed by atoms with Crippen LogP contribution in [0.2, 0.25) is 0 Å². The lowest BCUT2D eigenvalue weighted by molar-refractivity contribution is -0.132. The van der Waals surface area contributed by atoms with Gasteiger partial charge in [0.1, 0.15) is 11.6 Å². The summed E-state index contributed by atoms with van der Waals surface area (Å²) in [6.45, 7) is 9.47. The fourth-order valence-corrected chi connectivity index (χ4v) is 3.89. The summed E-state index contributed by atoms with van der Waals surface area (Å²) in [6.07, 6.45) is 2.11. The van der Waals surface area contributed by atoms with Crippen molar-refractivity contribution >= 4 is 22.6 Å². The van der Waals surface area contributed by atoms with E-state index >= 15 is 0 Å². The molecule has 146 valence electrons. The van der Waals surface area contributed by atoms with E-state index in [1.54, 1.807) is 12.1 Å². The number of halogens is 1. The van der Waals surface area contributed by atoms with Gasteiger partial charge in [-0.3, -0.25) is 4.79 Å². The number of nitrogens with zero attached hydrogens (tertiary/aromatic N) is 4. The minimum Gasteiger partial charge on any atom is -0.345 e. The van der Waals surface area contributed by atoms with E-state index in [0.29, 0.717) is 12.8 Å². The van der Waals surface area contributed by atoms with Crippen LogP contribution in [0.25, 0.3) is 0 Å². The summed E-state index contributed by atoms with van der Waals surface area (Å²) in [5, 5.41) is 0.900. The van der Waals surface area contributed by atoms with Gasteiger partial charge in [-0.2, -0.15) is 4.37 Å². The number of amides is 1. The van der Waals surface area contributed by atoms with Crippen LogP contribution in [0.5, 0.6) is 0 Å². The Hall–Kier alpha value is -2.02. The SMILES string of the molecule is CC(C)(C)CC(=O)N1CCCN(c2nc(Cc3ccc(F)cc3)ns2)CC1. The zero-order valence-corrected chi connectivity index (χ0v) is 17.1. The fourth-order valence-electron chi connectivity index (χ4n) is 3.15. The van der Waals surface area contributed by atoms with E-state index < -0.39 is 0 Å². The van der Waals surface area contributed by atoms with Crippen molar-refractivity contribution in [3.63, 3.8) is 0 Å². The minimum absolute atomic E-state index is 0.0115. The molecule has 1 aliphatic rings. The lowest BCUT2D eigenvalue weighted by atomic mass is 9.91. The number of carbonyl (C=O) groups is 1. The molecule has 1 fully saturated rings. The van der Waals surface area contributed by atoms with Crippen molar-refractivity contribution in [2.24, 2.45) is 5.41 Å². The summed E-state index contributed by atoms with van der Waals surface area (Å²) in [4.78, 5) is 21.4. The van der Waals surface area contributed by atoms with E-state index in [4.69, 9.17) is 0 Å². The molecule has 0 radical (unpaired) electrons. The molecule has 7 heteroatoms. The topological polar surface area (TPSA) is 49.3 Å². The summed E-state index contributed by atoms with van der Waals surface area (Å²) < 4.78 is 17.5. The van der Waals surface area contributed by atoms with Crippen LogP contribution >= 0.6 is 11.5 Å². The Balaban J connectivity index is 1.58. The maximum Gasteiger partial charge on any atom is 0.223 e. The van der Waals surface area contributed by atoms with Crippen LogP contribution in [-0.4, -0.2) is 46.3 Å². The highest BCUT2D eigenvalue weighted by atomic mass is 32.1. The van der Waals surface area contributed by atoms with Gasteiger partial charge in [0.15, 0.2) is 0 Å². The van der Waals surface area contributed by atoms with E-state index in [0.717, 1.165) is 49.1 Å². The highest BCUT2D eigenvalue weighted by molar-refractivity contribution is 7.09. The van der Waals surface area contributed by atoms with Crippen LogP contribution in [0.3, 0.4) is 0 Å². The van der Waals surface area contributed by atoms with Crippen molar-refractivity contribution in [1.29, 1.82) is 0 Å². The second-order valence-electron chi connectivity index (χ2n) is 8.26. The molecule has 0 unspecified atom stereocenters. The zero-order chi connectivity index (χ0) is 19.4. The van der Waals surface area contributed by atoms with Gasteiger partial charge in [-0.25, -0.2) is 9.37 Å². The Morgan fingerprint density at radius 1 is 1.15 bits per heavy atom. The molecule has 2 heterocycles. The Labute approximate surface area is 164 Å². The normalized spacial score (nSPS) is 15.7. The van der Waals surface area contributed by atoms with Crippen LogP contribution in [0.4, 0.5) is 9.52 Å². The first kappa shape index (κ1) is 19.7. The summed E-state index contributed by atoms with van der Waals surface area (Å²) in [5.41, 5.74) is 1.01. The van der Waals surface area contributed by atoms with E-state index in [1.165, 1.54) is 23.7 Å². The Kier molecular flexibility index (Phi) is 6.09. The zero-order valence-electron chi connectivity index (χ0n) is 16.2. The van der Waals surface area contributed by atoms with Gasteiger partial charge in [0.25, 0.3) is 0 Å². The van der Waals surface area contributed by atoms with Crippen molar-refractivity contribution in [2.45, 2.75) is 40.0 Å². The predicted molar refractivity (Wildman–Crippen MR) is 107 cm³/mol. The molecule has 1 aromatic carbocycles. The smallest absolute Gasteiger partial charge is 0.223 e. The molecule has 1 aliphatic heterocycles. The molecule has 3 rings (SSSR count). The summed E-state index contributed by atoms with van der Waals surface area (Å²) >= 11 is 1.39. The van der Waals surface area contributed by atoms with E-state index in [1.807, 2.05) is 4.90 Å². The number of anilines is 1. The first-order valence-electron chi connectivity index (χ1n) is 9.40. The number of rotatable bonds is 4. The van der Waals surface area contributed by atoms with E-state index in [-0.39, 0.29) is 17.1 Å². The van der Waals surface area contributed by atoms with Crippen molar-refractivity contribution in [3.05, 3.63) is 41.5 Å². The van der Waals surface area contributed by atoms with Crippen molar-refractivity contribution < 1.29 is 9.18 Å². The lowest BCUT2D eigenvalue weighted by Gasteiger charge is -2.25. The molecule has 1 saturated heterocycles. The van der Waals surface area contributed by atoms with Crippen molar-refractivity contribution in [1.82, 2.24) is 14.3 Å². The van der Waals surface area contributed by atoms with Crippen LogP contribution in [-0.2, 0) is 11.2 Å². The highest BCUT2D eigenvalue weighted by Gasteiger charge is 2.24. The van der Waals surface area contributed by atoms with Crippen molar-refractivity contribution in [3.8, 4) is 0 Å². The third kappa shape index (κ3) is 5.73. The quantitative estimate of drug-likeness (QED) is 0.798. The molecule has 27 heavy (non-hydrogen) atoms. The fraction of sp³-hybridized carbons (Fsp3) is 0.550. The second-order valence-corrected chi connectivity index (χ2v) is 8.99. The second kappa shape index (κ2) is 8.33. The molecular weight excluding hydrogens is 363 g/mol. The van der Waals surface area contributed by atoms with E-state index in [9.17, 15) is 9.18 Å². The number of benzene rings is 1. The molecule has 0 bridgehead atoms. The van der Waals surface area contributed by atoms with Gasteiger partial charge < -0.3 is 9.80 Å². The third-order valence-corrected chi connectivity index (χ3v) is 5.35. The van der Waals surface area contributed by atoms with E-state index in [2.05, 4.69) is 35.0 Å². The summed E-state index contributed by atoms with van der Waals surface area (Å²) in [7, 11) is 0. The minimum atomic E-state index is -0.235.